The van der Waals surface area contributed by atoms with E-state index in [0.29, 0.717) is 23.7 Å². The molecule has 2 rings (SSSR count). The Bertz CT molecular complexity index is 1010. The number of carbonyl (C=O) groups excluding carboxylic acids is 2. The fourth-order valence-corrected chi connectivity index (χ4v) is 3.95. The molecule has 2 aromatic rings. The lowest BCUT2D eigenvalue weighted by atomic mass is 10.1. The molecule has 8 nitrogen and oxygen atoms in total. The van der Waals surface area contributed by atoms with Crippen LogP contribution >= 0.6 is 0 Å². The lowest BCUT2D eigenvalue weighted by Gasteiger charge is -2.24. The van der Waals surface area contributed by atoms with Gasteiger partial charge in [-0.3, -0.25) is 9.10 Å². The molecule has 0 heterocycles. The minimum absolute atomic E-state index is 0.0694. The molecule has 0 aliphatic carbocycles. The summed E-state index contributed by atoms with van der Waals surface area (Å²) in [5.74, 6) is -0.388. The summed E-state index contributed by atoms with van der Waals surface area (Å²) in [6.45, 7) is 4.26. The third-order valence-electron chi connectivity index (χ3n) is 4.30. The van der Waals surface area contributed by atoms with Crippen molar-refractivity contribution < 1.29 is 27.5 Å². The highest BCUT2D eigenvalue weighted by Crippen LogP contribution is 2.30. The Balaban J connectivity index is 2.06. The van der Waals surface area contributed by atoms with Gasteiger partial charge < -0.3 is 14.8 Å². The second kappa shape index (κ2) is 11.4. The number of ether oxygens (including phenoxy) is 2. The molecule has 0 radical (unpaired) electrons. The molecule has 31 heavy (non-hydrogen) atoms. The summed E-state index contributed by atoms with van der Waals surface area (Å²) in [5.41, 5.74) is 1.05. The fourth-order valence-electron chi connectivity index (χ4n) is 2.98. The molecule has 2 aromatic carbocycles. The number of benzene rings is 2. The molecule has 168 valence electrons. The highest BCUT2D eigenvalue weighted by molar-refractivity contribution is 7.92. The van der Waals surface area contributed by atoms with Gasteiger partial charge in [0.25, 0.3) is 0 Å². The molecule has 0 spiro atoms. The van der Waals surface area contributed by atoms with Gasteiger partial charge in [0.15, 0.2) is 0 Å². The number of rotatable bonds is 11. The van der Waals surface area contributed by atoms with Crippen LogP contribution in [0.15, 0.2) is 48.5 Å². The number of sulfonamides is 1. The van der Waals surface area contributed by atoms with Crippen LogP contribution in [0.2, 0.25) is 0 Å². The van der Waals surface area contributed by atoms with E-state index in [-0.39, 0.29) is 37.5 Å². The van der Waals surface area contributed by atoms with Gasteiger partial charge in [0.05, 0.1) is 36.4 Å². The van der Waals surface area contributed by atoms with Crippen molar-refractivity contribution in [1.82, 2.24) is 0 Å². The number of amides is 1. The van der Waals surface area contributed by atoms with Crippen molar-refractivity contribution in [3.05, 3.63) is 54.1 Å². The zero-order valence-electron chi connectivity index (χ0n) is 18.0. The highest BCUT2D eigenvalue weighted by atomic mass is 32.2. The van der Waals surface area contributed by atoms with E-state index in [1.807, 2.05) is 6.92 Å². The Morgan fingerprint density at radius 3 is 2.35 bits per heavy atom. The first-order valence-electron chi connectivity index (χ1n) is 10.0. The smallest absolute Gasteiger partial charge is 0.340 e. The van der Waals surface area contributed by atoms with Gasteiger partial charge in [0.2, 0.25) is 15.9 Å². The summed E-state index contributed by atoms with van der Waals surface area (Å²) in [7, 11) is -3.58. The van der Waals surface area contributed by atoms with Gasteiger partial charge in [-0.15, -0.1) is 0 Å². The predicted octanol–water partition coefficient (Wildman–Crippen LogP) is 3.45. The van der Waals surface area contributed by atoms with E-state index in [1.165, 1.54) is 4.31 Å². The minimum atomic E-state index is -3.58. The van der Waals surface area contributed by atoms with Crippen molar-refractivity contribution in [2.24, 2.45) is 0 Å². The van der Waals surface area contributed by atoms with Crippen LogP contribution in [0.4, 0.5) is 11.4 Å². The largest absolute Gasteiger partial charge is 0.492 e. The number of nitrogens with zero attached hydrogens (tertiary/aromatic N) is 1. The number of esters is 1. The molecule has 0 atom stereocenters. The van der Waals surface area contributed by atoms with Crippen LogP contribution in [-0.2, 0) is 19.6 Å². The van der Waals surface area contributed by atoms with Crippen LogP contribution in [0.3, 0.4) is 0 Å². The number of para-hydroxylation sites is 3. The molecule has 1 amide bonds. The Labute approximate surface area is 183 Å². The van der Waals surface area contributed by atoms with E-state index >= 15 is 0 Å². The highest BCUT2D eigenvalue weighted by Gasteiger charge is 2.21. The van der Waals surface area contributed by atoms with Crippen molar-refractivity contribution in [3.63, 3.8) is 0 Å². The molecule has 0 aliphatic rings. The molecule has 0 aliphatic heterocycles. The van der Waals surface area contributed by atoms with E-state index in [2.05, 4.69) is 5.32 Å². The van der Waals surface area contributed by atoms with Crippen LogP contribution in [0.25, 0.3) is 0 Å². The molecule has 9 heteroatoms. The van der Waals surface area contributed by atoms with E-state index < -0.39 is 16.0 Å². The topological polar surface area (TPSA) is 102 Å². The van der Waals surface area contributed by atoms with Gasteiger partial charge in [0.1, 0.15) is 5.75 Å². The second-order valence-corrected chi connectivity index (χ2v) is 8.56. The fraction of sp³-hybridized carbons (Fsp3) is 0.364. The number of nitrogens with one attached hydrogen (secondary N) is 1. The standard InChI is InChI=1S/C22H28N2O6S/c1-4-29-20-14-9-8-13-19(20)24(31(3,27)28)16-10-15-21(25)23-18-12-7-6-11-17(18)22(26)30-5-2/h6-9,11-14H,4-5,10,15-16H2,1-3H3,(H,23,25). The zero-order chi connectivity index (χ0) is 22.9. The van der Waals surface area contributed by atoms with Crippen LogP contribution in [0.1, 0.15) is 37.0 Å². The van der Waals surface area contributed by atoms with Crippen LogP contribution in [-0.4, -0.2) is 46.3 Å². The monoisotopic (exact) mass is 448 g/mol. The van der Waals surface area contributed by atoms with Gasteiger partial charge >= 0.3 is 5.97 Å². The third-order valence-corrected chi connectivity index (χ3v) is 5.48. The number of hydrogen-bond acceptors (Lipinski definition) is 6. The first-order valence-corrected chi connectivity index (χ1v) is 11.9. The summed E-state index contributed by atoms with van der Waals surface area (Å²) in [4.78, 5) is 24.5. The SMILES string of the molecule is CCOC(=O)c1ccccc1NC(=O)CCCN(c1ccccc1OCC)S(C)(=O)=O. The van der Waals surface area contributed by atoms with Gasteiger partial charge in [-0.05, 0) is 44.5 Å². The van der Waals surface area contributed by atoms with Crippen molar-refractivity contribution in [1.29, 1.82) is 0 Å². The van der Waals surface area contributed by atoms with E-state index in [9.17, 15) is 18.0 Å². The average Bonchev–Trinajstić information content (AvgIpc) is 2.72. The van der Waals surface area contributed by atoms with Crippen LogP contribution < -0.4 is 14.4 Å². The van der Waals surface area contributed by atoms with Gasteiger partial charge in [0, 0.05) is 13.0 Å². The molecule has 0 fully saturated rings. The molecule has 0 bridgehead atoms. The van der Waals surface area contributed by atoms with Crippen molar-refractivity contribution >= 4 is 33.3 Å². The molecule has 0 saturated carbocycles. The summed E-state index contributed by atoms with van der Waals surface area (Å²) in [6, 6.07) is 13.4. The minimum Gasteiger partial charge on any atom is -0.492 e. The summed E-state index contributed by atoms with van der Waals surface area (Å²) < 4.78 is 36.5. The number of carbonyl (C=O) groups is 2. The van der Waals surface area contributed by atoms with Gasteiger partial charge in [-0.2, -0.15) is 0 Å². The Hall–Kier alpha value is -3.07. The summed E-state index contributed by atoms with van der Waals surface area (Å²) in [6.07, 6.45) is 1.46. The Morgan fingerprint density at radius 2 is 1.68 bits per heavy atom. The molecular weight excluding hydrogens is 420 g/mol. The van der Waals surface area contributed by atoms with Gasteiger partial charge in [-0.25, -0.2) is 13.2 Å². The van der Waals surface area contributed by atoms with E-state index in [4.69, 9.17) is 9.47 Å². The van der Waals surface area contributed by atoms with Crippen molar-refractivity contribution in [3.8, 4) is 5.75 Å². The molecular formula is C22H28N2O6S. The molecule has 0 aromatic heterocycles. The van der Waals surface area contributed by atoms with Crippen LogP contribution in [0.5, 0.6) is 5.75 Å². The lowest BCUT2D eigenvalue weighted by Crippen LogP contribution is -2.32. The number of hydrogen-bond donors (Lipinski definition) is 1. The maximum absolute atomic E-state index is 12.4. The Kier molecular flexibility index (Phi) is 8.87. The average molecular weight is 449 g/mol. The molecule has 0 unspecified atom stereocenters. The lowest BCUT2D eigenvalue weighted by molar-refractivity contribution is -0.116. The van der Waals surface area contributed by atoms with Gasteiger partial charge in [-0.1, -0.05) is 24.3 Å². The first-order chi connectivity index (χ1) is 14.8. The van der Waals surface area contributed by atoms with Crippen LogP contribution in [0, 0.1) is 0 Å². The van der Waals surface area contributed by atoms with E-state index in [1.54, 1.807) is 55.5 Å². The van der Waals surface area contributed by atoms with Crippen molar-refractivity contribution in [2.75, 3.05) is 35.6 Å². The maximum Gasteiger partial charge on any atom is 0.340 e. The third kappa shape index (κ3) is 6.99. The van der Waals surface area contributed by atoms with E-state index in [0.717, 1.165) is 6.26 Å². The zero-order valence-corrected chi connectivity index (χ0v) is 18.8. The normalized spacial score (nSPS) is 10.9. The summed E-state index contributed by atoms with van der Waals surface area (Å²) >= 11 is 0. The summed E-state index contributed by atoms with van der Waals surface area (Å²) in [5, 5.41) is 2.70. The quantitative estimate of drug-likeness (QED) is 0.528. The molecule has 1 N–H and O–H groups in total. The Morgan fingerprint density at radius 1 is 1.00 bits per heavy atom. The maximum atomic E-state index is 12.4. The second-order valence-electron chi connectivity index (χ2n) is 6.65. The molecule has 0 saturated heterocycles. The first kappa shape index (κ1) is 24.2. The number of anilines is 2. The van der Waals surface area contributed by atoms with Crippen molar-refractivity contribution in [2.45, 2.75) is 26.7 Å². The predicted molar refractivity (Wildman–Crippen MR) is 120 cm³/mol.